The van der Waals surface area contributed by atoms with Crippen molar-refractivity contribution in [1.82, 2.24) is 5.43 Å². The molecule has 0 spiro atoms. The van der Waals surface area contributed by atoms with E-state index in [1.807, 2.05) is 60.7 Å². The van der Waals surface area contributed by atoms with Crippen molar-refractivity contribution in [2.45, 2.75) is 26.2 Å². The van der Waals surface area contributed by atoms with E-state index in [-0.39, 0.29) is 17.9 Å². The Morgan fingerprint density at radius 1 is 1.12 bits per heavy atom. The lowest BCUT2D eigenvalue weighted by molar-refractivity contribution is -0.123. The lowest BCUT2D eigenvalue weighted by atomic mass is 9.87. The zero-order valence-electron chi connectivity index (χ0n) is 15.2. The monoisotopic (exact) mass is 414 g/mol. The lowest BCUT2D eigenvalue weighted by Crippen LogP contribution is -2.24. The van der Waals surface area contributed by atoms with Crippen molar-refractivity contribution in [2.24, 2.45) is 5.10 Å². The number of nitrogens with zero attached hydrogens (tertiary/aromatic N) is 1. The molecule has 0 atom stereocenters. The maximum Gasteiger partial charge on any atom is 0.277 e. The average molecular weight is 415 g/mol. The first-order chi connectivity index (χ1) is 12.3. The number of ether oxygens (including phenoxy) is 1. The second-order valence-electron chi connectivity index (χ2n) is 6.80. The number of allylic oxidation sites excluding steroid dienone is 1. The third-order valence-corrected chi connectivity index (χ3v) is 4.01. The van der Waals surface area contributed by atoms with E-state index < -0.39 is 0 Å². The maximum absolute atomic E-state index is 11.8. The molecule has 0 fully saturated rings. The number of hydrazone groups is 1. The van der Waals surface area contributed by atoms with E-state index in [4.69, 9.17) is 4.74 Å². The molecule has 0 saturated heterocycles. The largest absolute Gasteiger partial charge is 0.484 e. The molecule has 26 heavy (non-hydrogen) atoms. The Hall–Kier alpha value is -2.40. The van der Waals surface area contributed by atoms with Crippen molar-refractivity contribution in [2.75, 3.05) is 6.61 Å². The number of hydrogen-bond donors (Lipinski definition) is 1. The van der Waals surface area contributed by atoms with Crippen LogP contribution in [0.5, 0.6) is 5.75 Å². The minimum Gasteiger partial charge on any atom is -0.484 e. The number of halogens is 1. The van der Waals surface area contributed by atoms with Gasteiger partial charge in [0.2, 0.25) is 0 Å². The van der Waals surface area contributed by atoms with E-state index in [0.717, 1.165) is 10.0 Å². The normalized spacial score (nSPS) is 12.2. The van der Waals surface area contributed by atoms with Crippen LogP contribution in [0.1, 0.15) is 31.9 Å². The third kappa shape index (κ3) is 6.84. The first-order valence-corrected chi connectivity index (χ1v) is 9.11. The molecule has 4 nitrogen and oxygen atoms in total. The Balaban J connectivity index is 1.79. The van der Waals surface area contributed by atoms with Gasteiger partial charge in [-0.2, -0.15) is 5.10 Å². The summed E-state index contributed by atoms with van der Waals surface area (Å²) < 4.78 is 6.23. The first-order valence-electron chi connectivity index (χ1n) is 8.32. The van der Waals surface area contributed by atoms with Crippen LogP contribution in [0.15, 0.2) is 64.2 Å². The van der Waals surface area contributed by atoms with Crippen LogP contribution >= 0.6 is 15.9 Å². The van der Waals surface area contributed by atoms with Gasteiger partial charge < -0.3 is 4.74 Å². The highest BCUT2D eigenvalue weighted by Crippen LogP contribution is 2.24. The smallest absolute Gasteiger partial charge is 0.277 e. The molecule has 2 aromatic rings. The molecule has 136 valence electrons. The van der Waals surface area contributed by atoms with Gasteiger partial charge in [-0.3, -0.25) is 4.79 Å². The summed E-state index contributed by atoms with van der Waals surface area (Å²) in [4.78, 5) is 11.8. The van der Waals surface area contributed by atoms with Crippen LogP contribution in [0.4, 0.5) is 0 Å². The van der Waals surface area contributed by atoms with Gasteiger partial charge in [-0.25, -0.2) is 5.43 Å². The molecule has 0 aliphatic carbocycles. The Bertz CT molecular complexity index is 776. The van der Waals surface area contributed by atoms with Crippen molar-refractivity contribution in [3.05, 3.63) is 70.2 Å². The minimum absolute atomic E-state index is 0.0886. The molecular weight excluding hydrogens is 392 g/mol. The van der Waals surface area contributed by atoms with Crippen molar-refractivity contribution in [3.8, 4) is 5.75 Å². The number of rotatable bonds is 6. The highest BCUT2D eigenvalue weighted by atomic mass is 79.9. The van der Waals surface area contributed by atoms with Gasteiger partial charge in [0.1, 0.15) is 5.75 Å². The Labute approximate surface area is 163 Å². The average Bonchev–Trinajstić information content (AvgIpc) is 2.60. The number of carbonyl (C=O) groups is 1. The summed E-state index contributed by atoms with van der Waals surface area (Å²) >= 11 is 3.39. The fraction of sp³-hybridized carbons (Fsp3) is 0.238. The van der Waals surface area contributed by atoms with E-state index >= 15 is 0 Å². The van der Waals surface area contributed by atoms with E-state index in [1.165, 1.54) is 11.8 Å². The van der Waals surface area contributed by atoms with E-state index in [9.17, 15) is 4.79 Å². The molecule has 0 heterocycles. The van der Waals surface area contributed by atoms with Crippen LogP contribution in [0.25, 0.3) is 6.08 Å². The predicted molar refractivity (Wildman–Crippen MR) is 111 cm³/mol. The molecule has 0 aliphatic heterocycles. The molecule has 0 aromatic heterocycles. The summed E-state index contributed by atoms with van der Waals surface area (Å²) in [6.07, 6.45) is 3.44. The van der Waals surface area contributed by atoms with E-state index in [2.05, 4.69) is 47.2 Å². The minimum atomic E-state index is -0.318. The van der Waals surface area contributed by atoms with Crippen molar-refractivity contribution in [3.63, 3.8) is 0 Å². The quantitative estimate of drug-likeness (QED) is 0.539. The first kappa shape index (κ1) is 19.9. The van der Waals surface area contributed by atoms with Gasteiger partial charge in [-0.15, -0.1) is 0 Å². The molecule has 0 bridgehead atoms. The third-order valence-electron chi connectivity index (χ3n) is 3.57. The second kappa shape index (κ2) is 9.34. The van der Waals surface area contributed by atoms with E-state index in [0.29, 0.717) is 5.75 Å². The van der Waals surface area contributed by atoms with Crippen LogP contribution in [-0.4, -0.2) is 18.7 Å². The molecule has 0 unspecified atom stereocenters. The standard InChI is InChI=1S/C21H23BrN2O2/c1-21(2,3)17-9-11-19(12-10-17)26-15-20(25)24-23-14-18(22)13-16-7-5-4-6-8-16/h4-14H,15H2,1-3H3,(H,24,25)/b18-13?,23-14+. The highest BCUT2D eigenvalue weighted by Gasteiger charge is 2.13. The van der Waals surface area contributed by atoms with Crippen molar-refractivity contribution in [1.29, 1.82) is 0 Å². The SMILES string of the molecule is CC(C)(C)c1ccc(OCC(=O)N/N=C/C(Br)=Cc2ccccc2)cc1. The number of benzene rings is 2. The molecule has 1 N–H and O–H groups in total. The summed E-state index contributed by atoms with van der Waals surface area (Å²) in [6.45, 7) is 6.36. The zero-order valence-corrected chi connectivity index (χ0v) is 16.8. The van der Waals surface area contributed by atoms with Gasteiger partial charge in [0.05, 0.1) is 6.21 Å². The predicted octanol–water partition coefficient (Wildman–Crippen LogP) is 4.90. The number of carbonyl (C=O) groups excluding carboxylic acids is 1. The van der Waals surface area contributed by atoms with Gasteiger partial charge in [0.25, 0.3) is 5.91 Å². The van der Waals surface area contributed by atoms with Crippen LogP contribution in [-0.2, 0) is 10.2 Å². The summed E-state index contributed by atoms with van der Waals surface area (Å²) in [6, 6.07) is 17.6. The van der Waals surface area contributed by atoms with Gasteiger partial charge in [-0.05, 0) is 50.7 Å². The fourth-order valence-electron chi connectivity index (χ4n) is 2.14. The summed E-state index contributed by atoms with van der Waals surface area (Å²) in [5.41, 5.74) is 4.79. The van der Waals surface area contributed by atoms with Crippen LogP contribution in [0.3, 0.4) is 0 Å². The summed E-state index contributed by atoms with van der Waals surface area (Å²) in [5, 5.41) is 3.91. The second-order valence-corrected chi connectivity index (χ2v) is 7.71. The number of nitrogens with one attached hydrogen (secondary N) is 1. The number of amides is 1. The molecule has 2 rings (SSSR count). The van der Waals surface area contributed by atoms with Crippen LogP contribution < -0.4 is 10.2 Å². The molecule has 1 amide bonds. The van der Waals surface area contributed by atoms with Gasteiger partial charge in [-0.1, -0.05) is 63.2 Å². The number of hydrogen-bond acceptors (Lipinski definition) is 3. The van der Waals surface area contributed by atoms with Gasteiger partial charge >= 0.3 is 0 Å². The maximum atomic E-state index is 11.8. The van der Waals surface area contributed by atoms with Crippen LogP contribution in [0, 0.1) is 0 Å². The zero-order chi connectivity index (χ0) is 19.0. The lowest BCUT2D eigenvalue weighted by Gasteiger charge is -2.19. The Kier molecular flexibility index (Phi) is 7.16. The highest BCUT2D eigenvalue weighted by molar-refractivity contribution is 9.12. The molecule has 2 aromatic carbocycles. The van der Waals surface area contributed by atoms with Gasteiger partial charge in [0, 0.05) is 4.48 Å². The van der Waals surface area contributed by atoms with E-state index in [1.54, 1.807) is 0 Å². The molecular formula is C21H23BrN2O2. The topological polar surface area (TPSA) is 50.7 Å². The summed E-state index contributed by atoms with van der Waals surface area (Å²) in [7, 11) is 0. The Morgan fingerprint density at radius 2 is 1.77 bits per heavy atom. The molecule has 0 aliphatic rings. The fourth-order valence-corrected chi connectivity index (χ4v) is 2.51. The van der Waals surface area contributed by atoms with Crippen molar-refractivity contribution >= 4 is 34.1 Å². The van der Waals surface area contributed by atoms with Crippen molar-refractivity contribution < 1.29 is 9.53 Å². The molecule has 5 heteroatoms. The Morgan fingerprint density at radius 3 is 2.38 bits per heavy atom. The molecule has 0 radical (unpaired) electrons. The summed E-state index contributed by atoms with van der Waals surface area (Å²) in [5.74, 6) is 0.337. The molecule has 0 saturated carbocycles. The van der Waals surface area contributed by atoms with Crippen LogP contribution in [0.2, 0.25) is 0 Å². The van der Waals surface area contributed by atoms with Gasteiger partial charge in [0.15, 0.2) is 6.61 Å².